The second kappa shape index (κ2) is 26.2. The highest BCUT2D eigenvalue weighted by atomic mass is 35.5. The lowest BCUT2D eigenvalue weighted by Gasteiger charge is -2.32. The zero-order chi connectivity index (χ0) is 45.6. The van der Waals surface area contributed by atoms with E-state index in [9.17, 15) is 9.59 Å². The van der Waals surface area contributed by atoms with Gasteiger partial charge in [-0.15, -0.1) is 0 Å². The van der Waals surface area contributed by atoms with E-state index >= 15 is 0 Å². The van der Waals surface area contributed by atoms with Crippen molar-refractivity contribution in [1.29, 1.82) is 0 Å². The molecule has 4 heterocycles. The smallest absolute Gasteiger partial charge is 0.306 e. The molecule has 4 aromatic carbocycles. The van der Waals surface area contributed by atoms with Crippen LogP contribution in [0.25, 0.3) is 0 Å². The zero-order valence-electron chi connectivity index (χ0n) is 36.5. The number of halogens is 2. The lowest BCUT2D eigenvalue weighted by molar-refractivity contribution is -0.143. The van der Waals surface area contributed by atoms with Gasteiger partial charge in [-0.3, -0.25) is 29.4 Å². The van der Waals surface area contributed by atoms with Gasteiger partial charge >= 0.3 is 5.97 Å². The molecule has 2 aromatic heterocycles. The Morgan fingerprint density at radius 3 is 1.42 bits per heavy atom. The van der Waals surface area contributed by atoms with E-state index in [4.69, 9.17) is 43.5 Å². The van der Waals surface area contributed by atoms with E-state index in [1.54, 1.807) is 24.8 Å². The first kappa shape index (κ1) is 48.6. The topological polar surface area (TPSA) is 143 Å². The number of carboxylic acids is 1. The number of rotatable bonds is 15. The standard InChI is InChI=1S/C26H28ClN3O2.C14H19NO3.C12H11ClN2/c27-23-8-6-20(7-9-23)25(21-10-14-28-15-11-21)29-26(31)22-12-16-30(17-13-22)18-19-32-24-4-2-1-3-5-24;16-14(17)12-6-8-15(9-7-12)10-11-18-13-4-2-1-3-5-13;13-11-3-1-9(2-4-11)12(14)10-5-7-15-8-6-10/h1-11,14-15,22,25H,12-13,16-19H2,(H,29,31);1-5,12H,6-11H2,(H,16,17);1-8,12H,14H2. The molecule has 2 atom stereocenters. The molecule has 8 rings (SSSR count). The number of carbonyl (C=O) groups excluding carboxylic acids is 1. The van der Waals surface area contributed by atoms with Crippen LogP contribution in [0.15, 0.2) is 158 Å². The van der Waals surface area contributed by atoms with Crippen molar-refractivity contribution in [1.82, 2.24) is 25.1 Å². The van der Waals surface area contributed by atoms with Crippen LogP contribution in [-0.4, -0.2) is 89.2 Å². The number of hydrogen-bond acceptors (Lipinski definition) is 9. The Bertz CT molecular complexity index is 2270. The second-order valence-corrected chi connectivity index (χ2v) is 16.8. The second-order valence-electron chi connectivity index (χ2n) is 16.0. The third-order valence-electron chi connectivity index (χ3n) is 11.6. The Morgan fingerprint density at radius 2 is 0.969 bits per heavy atom. The van der Waals surface area contributed by atoms with Crippen LogP contribution >= 0.6 is 23.2 Å². The minimum atomic E-state index is -0.657. The highest BCUT2D eigenvalue weighted by Gasteiger charge is 2.28. The first-order chi connectivity index (χ1) is 31.7. The van der Waals surface area contributed by atoms with Crippen molar-refractivity contribution in [3.63, 3.8) is 0 Å². The fourth-order valence-corrected chi connectivity index (χ4v) is 7.96. The molecule has 1 amide bonds. The third-order valence-corrected chi connectivity index (χ3v) is 12.1. The number of nitrogens with one attached hydrogen (secondary N) is 1. The molecule has 4 N–H and O–H groups in total. The number of carboxylic acid groups (broad SMARTS) is 1. The van der Waals surface area contributed by atoms with Crippen molar-refractivity contribution < 1.29 is 24.2 Å². The van der Waals surface area contributed by atoms with E-state index in [1.807, 2.05) is 133 Å². The number of nitrogens with two attached hydrogens (primary N) is 1. The Labute approximate surface area is 392 Å². The van der Waals surface area contributed by atoms with Gasteiger partial charge in [0.25, 0.3) is 0 Å². The number of aliphatic carboxylic acids is 1. The van der Waals surface area contributed by atoms with Crippen molar-refractivity contribution in [2.24, 2.45) is 17.6 Å². The number of para-hydroxylation sites is 2. The summed E-state index contributed by atoms with van der Waals surface area (Å²) < 4.78 is 11.4. The van der Waals surface area contributed by atoms with E-state index in [1.165, 1.54) is 0 Å². The number of benzene rings is 4. The Kier molecular flexibility index (Phi) is 19.6. The summed E-state index contributed by atoms with van der Waals surface area (Å²) in [6, 6.07) is 42.2. The van der Waals surface area contributed by atoms with Crippen LogP contribution in [0.2, 0.25) is 10.0 Å². The molecule has 6 aromatic rings. The van der Waals surface area contributed by atoms with Gasteiger partial charge < -0.3 is 25.6 Å². The van der Waals surface area contributed by atoms with E-state index in [0.717, 1.165) is 104 Å². The van der Waals surface area contributed by atoms with Crippen molar-refractivity contribution in [3.8, 4) is 11.5 Å². The van der Waals surface area contributed by atoms with Crippen molar-refractivity contribution in [3.05, 3.63) is 191 Å². The molecule has 13 heteroatoms. The van der Waals surface area contributed by atoms with Crippen molar-refractivity contribution in [2.45, 2.75) is 37.8 Å². The van der Waals surface area contributed by atoms with Gasteiger partial charge in [0.1, 0.15) is 24.7 Å². The number of nitrogens with zero attached hydrogens (tertiary/aromatic N) is 4. The zero-order valence-corrected chi connectivity index (χ0v) is 38.0. The molecule has 2 fully saturated rings. The number of pyridine rings is 2. The Balaban J connectivity index is 0.000000178. The fraction of sp³-hybridized carbons (Fsp3) is 0.308. The van der Waals surface area contributed by atoms with Crippen LogP contribution in [0.4, 0.5) is 0 Å². The summed E-state index contributed by atoms with van der Waals surface area (Å²) in [7, 11) is 0. The van der Waals surface area contributed by atoms with Crippen molar-refractivity contribution >= 4 is 35.1 Å². The summed E-state index contributed by atoms with van der Waals surface area (Å²) in [5, 5.41) is 13.6. The maximum atomic E-state index is 13.1. The number of carbonyl (C=O) groups is 2. The van der Waals surface area contributed by atoms with Crippen LogP contribution < -0.4 is 20.5 Å². The number of aromatic nitrogens is 2. The van der Waals surface area contributed by atoms with Gasteiger partial charge in [0, 0.05) is 53.8 Å². The largest absolute Gasteiger partial charge is 0.492 e. The number of amides is 1. The summed E-state index contributed by atoms with van der Waals surface area (Å²) in [6.45, 7) is 6.55. The first-order valence-electron chi connectivity index (χ1n) is 22.1. The van der Waals surface area contributed by atoms with Gasteiger partial charge in [-0.05, 0) is 147 Å². The van der Waals surface area contributed by atoms with Gasteiger partial charge in [0.2, 0.25) is 5.91 Å². The number of likely N-dealkylation sites (tertiary alicyclic amines) is 2. The third kappa shape index (κ3) is 16.3. The minimum Gasteiger partial charge on any atom is -0.492 e. The van der Waals surface area contributed by atoms with Crippen LogP contribution in [0.3, 0.4) is 0 Å². The maximum absolute atomic E-state index is 13.1. The summed E-state index contributed by atoms with van der Waals surface area (Å²) in [4.78, 5) is 36.6. The SMILES string of the molecule is NC(c1ccncc1)c1ccc(Cl)cc1.O=C(NC(c1ccncc1)c1ccc(Cl)cc1)C1CCN(CCOc2ccccc2)CC1.O=C(O)C1CCN(CCOc2ccccc2)CC1. The summed E-state index contributed by atoms with van der Waals surface area (Å²) >= 11 is 11.9. The Morgan fingerprint density at radius 1 is 0.585 bits per heavy atom. The van der Waals surface area contributed by atoms with Crippen molar-refractivity contribution in [2.75, 3.05) is 52.5 Å². The predicted molar refractivity (Wildman–Crippen MR) is 257 cm³/mol. The first-order valence-corrected chi connectivity index (χ1v) is 22.9. The lowest BCUT2D eigenvalue weighted by atomic mass is 9.93. The van der Waals surface area contributed by atoms with Gasteiger partial charge in [0.05, 0.1) is 18.0 Å². The number of ether oxygens (including phenoxy) is 2. The molecule has 0 saturated carbocycles. The number of hydrogen-bond donors (Lipinski definition) is 3. The van der Waals surface area contributed by atoms with E-state index in [0.29, 0.717) is 18.2 Å². The molecule has 2 aliphatic rings. The molecule has 11 nitrogen and oxygen atoms in total. The van der Waals surface area contributed by atoms with Gasteiger partial charge in [-0.1, -0.05) is 83.9 Å². The molecule has 0 radical (unpaired) electrons. The molecule has 2 saturated heterocycles. The quantitative estimate of drug-likeness (QED) is 0.0912. The summed E-state index contributed by atoms with van der Waals surface area (Å²) in [5.41, 5.74) is 10.2. The average molecular weight is 918 g/mol. The molecule has 2 unspecified atom stereocenters. The van der Waals surface area contributed by atoms with Crippen LogP contribution in [-0.2, 0) is 9.59 Å². The predicted octanol–water partition coefficient (Wildman–Crippen LogP) is 9.38. The molecular formula is C52H58Cl2N6O5. The molecule has 65 heavy (non-hydrogen) atoms. The highest BCUT2D eigenvalue weighted by Crippen LogP contribution is 2.26. The lowest BCUT2D eigenvalue weighted by Crippen LogP contribution is -2.42. The minimum absolute atomic E-state index is 0.0120. The normalized spacial score (nSPS) is 15.5. The van der Waals surface area contributed by atoms with Crippen LogP contribution in [0.5, 0.6) is 11.5 Å². The molecular weight excluding hydrogens is 860 g/mol. The van der Waals surface area contributed by atoms with Crippen LogP contribution in [0.1, 0.15) is 60.0 Å². The molecule has 340 valence electrons. The number of piperidine rings is 2. The van der Waals surface area contributed by atoms with Gasteiger partial charge in [-0.2, -0.15) is 0 Å². The molecule has 0 spiro atoms. The van der Waals surface area contributed by atoms with E-state index in [-0.39, 0.29) is 29.8 Å². The van der Waals surface area contributed by atoms with Crippen LogP contribution in [0, 0.1) is 11.8 Å². The highest BCUT2D eigenvalue weighted by molar-refractivity contribution is 6.30. The molecule has 0 aliphatic carbocycles. The summed E-state index contributed by atoms with van der Waals surface area (Å²) in [5.74, 6) is 1.08. The summed E-state index contributed by atoms with van der Waals surface area (Å²) in [6.07, 6.45) is 10.2. The average Bonchev–Trinajstić information content (AvgIpc) is 3.35. The maximum Gasteiger partial charge on any atom is 0.306 e. The fourth-order valence-electron chi connectivity index (χ4n) is 7.70. The van der Waals surface area contributed by atoms with E-state index in [2.05, 4.69) is 25.1 Å². The van der Waals surface area contributed by atoms with E-state index < -0.39 is 5.97 Å². The van der Waals surface area contributed by atoms with Gasteiger partial charge in [0.15, 0.2) is 0 Å². The van der Waals surface area contributed by atoms with Gasteiger partial charge in [-0.25, -0.2) is 0 Å². The Hall–Kier alpha value is -5.82. The molecule has 2 aliphatic heterocycles. The molecule has 0 bridgehead atoms. The monoisotopic (exact) mass is 916 g/mol.